The Hall–Kier alpha value is -3.65. The fraction of sp³-hybridized carbons (Fsp3) is 0.394. The number of carbonyl (C=O) groups excluding carboxylic acids is 2. The van der Waals surface area contributed by atoms with Crippen molar-refractivity contribution in [1.29, 1.82) is 0 Å². The minimum atomic E-state index is -4.11. The van der Waals surface area contributed by atoms with E-state index in [2.05, 4.69) is 5.32 Å². The number of amides is 2. The molecule has 3 aromatic rings. The van der Waals surface area contributed by atoms with Gasteiger partial charge in [0.15, 0.2) is 0 Å². The molecule has 41 heavy (non-hydrogen) atoms. The van der Waals surface area contributed by atoms with Gasteiger partial charge in [-0.15, -0.1) is 0 Å². The number of aryl methyl sites for hydroxylation is 4. The molecule has 0 aliphatic carbocycles. The van der Waals surface area contributed by atoms with Gasteiger partial charge in [0.1, 0.15) is 12.6 Å². The SMILES string of the molecule is CCC(C(=O)NC(C)(C)C)N(Cc1cccc(C)c1)C(=O)CN(c1ccc(C)cc1C)S(=O)(=O)c1ccc(C)cc1. The van der Waals surface area contributed by atoms with Crippen LogP contribution < -0.4 is 9.62 Å². The molecule has 0 fully saturated rings. The number of benzene rings is 3. The highest BCUT2D eigenvalue weighted by Gasteiger charge is 2.35. The lowest BCUT2D eigenvalue weighted by Gasteiger charge is -2.35. The zero-order valence-corrected chi connectivity index (χ0v) is 26.3. The summed E-state index contributed by atoms with van der Waals surface area (Å²) in [7, 11) is -4.11. The number of nitrogens with one attached hydrogen (secondary N) is 1. The Kier molecular flexibility index (Phi) is 10.0. The minimum absolute atomic E-state index is 0.0960. The van der Waals surface area contributed by atoms with Crippen molar-refractivity contribution in [2.75, 3.05) is 10.8 Å². The summed E-state index contributed by atoms with van der Waals surface area (Å²) in [6.45, 7) is 14.9. The lowest BCUT2D eigenvalue weighted by atomic mass is 10.0. The van der Waals surface area contributed by atoms with Crippen LogP contribution in [0.5, 0.6) is 0 Å². The number of rotatable bonds is 10. The molecule has 2 amide bonds. The maximum atomic E-state index is 14.2. The average Bonchev–Trinajstić information content (AvgIpc) is 2.86. The van der Waals surface area contributed by atoms with Gasteiger partial charge in [-0.05, 0) is 84.2 Å². The lowest BCUT2D eigenvalue weighted by molar-refractivity contribution is -0.141. The van der Waals surface area contributed by atoms with E-state index in [0.29, 0.717) is 12.1 Å². The van der Waals surface area contributed by atoms with Gasteiger partial charge in [-0.3, -0.25) is 13.9 Å². The van der Waals surface area contributed by atoms with Crippen molar-refractivity contribution in [2.45, 2.75) is 84.8 Å². The van der Waals surface area contributed by atoms with Gasteiger partial charge in [0, 0.05) is 12.1 Å². The second-order valence-electron chi connectivity index (χ2n) is 11.8. The molecule has 0 aliphatic rings. The van der Waals surface area contributed by atoms with Crippen molar-refractivity contribution in [3.05, 3.63) is 94.5 Å². The first-order chi connectivity index (χ1) is 19.1. The number of hydrogen-bond donors (Lipinski definition) is 1. The first-order valence-corrected chi connectivity index (χ1v) is 15.4. The molecular formula is C33H43N3O4S. The molecule has 8 heteroatoms. The van der Waals surface area contributed by atoms with Crippen molar-refractivity contribution in [3.63, 3.8) is 0 Å². The van der Waals surface area contributed by atoms with Crippen LogP contribution >= 0.6 is 0 Å². The third kappa shape index (κ3) is 8.19. The number of nitrogens with zero attached hydrogens (tertiary/aromatic N) is 2. The molecule has 1 atom stereocenters. The van der Waals surface area contributed by atoms with Gasteiger partial charge in [-0.25, -0.2) is 8.42 Å². The molecule has 220 valence electrons. The summed E-state index contributed by atoms with van der Waals surface area (Å²) in [6, 6.07) is 19.0. The van der Waals surface area contributed by atoms with Gasteiger partial charge >= 0.3 is 0 Å². The Balaban J connectivity index is 2.11. The van der Waals surface area contributed by atoms with E-state index in [0.717, 1.165) is 27.8 Å². The highest BCUT2D eigenvalue weighted by Crippen LogP contribution is 2.28. The standard InChI is InChI=1S/C33H43N3O4S/c1-9-29(32(38)34-33(6,7)8)35(21-27-12-10-11-24(3)20-27)31(37)22-36(30-18-15-25(4)19-26(30)5)41(39,40)28-16-13-23(2)14-17-28/h10-20,29H,9,21-22H2,1-8H3,(H,34,38). The van der Waals surface area contributed by atoms with Gasteiger partial charge < -0.3 is 10.2 Å². The molecule has 0 radical (unpaired) electrons. The van der Waals surface area contributed by atoms with E-state index in [4.69, 9.17) is 0 Å². The number of anilines is 1. The molecule has 3 rings (SSSR count). The lowest BCUT2D eigenvalue weighted by Crippen LogP contribution is -2.55. The highest BCUT2D eigenvalue weighted by atomic mass is 32.2. The first-order valence-electron chi connectivity index (χ1n) is 14.0. The Labute approximate surface area is 245 Å². The van der Waals surface area contributed by atoms with Gasteiger partial charge in [-0.2, -0.15) is 0 Å². The summed E-state index contributed by atoms with van der Waals surface area (Å²) in [6.07, 6.45) is 0.369. The van der Waals surface area contributed by atoms with E-state index in [9.17, 15) is 18.0 Å². The van der Waals surface area contributed by atoms with Crippen LogP contribution in [0.3, 0.4) is 0 Å². The zero-order valence-electron chi connectivity index (χ0n) is 25.5. The second-order valence-corrected chi connectivity index (χ2v) is 13.7. The summed E-state index contributed by atoms with van der Waals surface area (Å²) in [5.74, 6) is -0.737. The molecular weight excluding hydrogens is 534 g/mol. The van der Waals surface area contributed by atoms with E-state index in [1.807, 2.05) is 91.8 Å². The normalized spacial score (nSPS) is 12.5. The van der Waals surface area contributed by atoms with Crippen LogP contribution in [0.2, 0.25) is 0 Å². The van der Waals surface area contributed by atoms with E-state index in [-0.39, 0.29) is 17.3 Å². The van der Waals surface area contributed by atoms with Crippen molar-refractivity contribution >= 4 is 27.5 Å². The van der Waals surface area contributed by atoms with E-state index in [1.165, 1.54) is 9.21 Å². The largest absolute Gasteiger partial charge is 0.350 e. The predicted octanol–water partition coefficient (Wildman–Crippen LogP) is 5.84. The predicted molar refractivity (Wildman–Crippen MR) is 165 cm³/mol. The van der Waals surface area contributed by atoms with Crippen molar-refractivity contribution in [3.8, 4) is 0 Å². The van der Waals surface area contributed by atoms with Gasteiger partial charge in [0.25, 0.3) is 10.0 Å². The van der Waals surface area contributed by atoms with Gasteiger partial charge in [0.05, 0.1) is 10.6 Å². The Morgan fingerprint density at radius 3 is 2.02 bits per heavy atom. The van der Waals surface area contributed by atoms with Crippen LogP contribution in [0.25, 0.3) is 0 Å². The average molecular weight is 578 g/mol. The second kappa shape index (κ2) is 12.9. The van der Waals surface area contributed by atoms with Crippen LogP contribution in [0.1, 0.15) is 61.9 Å². The highest BCUT2D eigenvalue weighted by molar-refractivity contribution is 7.92. The third-order valence-electron chi connectivity index (χ3n) is 6.83. The quantitative estimate of drug-likeness (QED) is 0.328. The summed E-state index contributed by atoms with van der Waals surface area (Å²) >= 11 is 0. The van der Waals surface area contributed by atoms with Crippen LogP contribution in [0.4, 0.5) is 5.69 Å². The van der Waals surface area contributed by atoms with Crippen LogP contribution in [-0.4, -0.2) is 43.3 Å². The number of carbonyl (C=O) groups is 2. The van der Waals surface area contributed by atoms with Crippen molar-refractivity contribution < 1.29 is 18.0 Å². The molecule has 0 heterocycles. The molecule has 3 aromatic carbocycles. The molecule has 0 bridgehead atoms. The number of hydrogen-bond acceptors (Lipinski definition) is 4. The Morgan fingerprint density at radius 2 is 1.46 bits per heavy atom. The fourth-order valence-electron chi connectivity index (χ4n) is 4.82. The third-order valence-corrected chi connectivity index (χ3v) is 8.60. The summed E-state index contributed by atoms with van der Waals surface area (Å²) in [5, 5.41) is 3.00. The maximum Gasteiger partial charge on any atom is 0.264 e. The molecule has 0 aliphatic heterocycles. The Morgan fingerprint density at radius 1 is 0.854 bits per heavy atom. The monoisotopic (exact) mass is 577 g/mol. The molecule has 0 saturated heterocycles. The molecule has 1 N–H and O–H groups in total. The topological polar surface area (TPSA) is 86.8 Å². The van der Waals surface area contributed by atoms with Crippen LogP contribution in [0, 0.1) is 27.7 Å². The van der Waals surface area contributed by atoms with Crippen LogP contribution in [0.15, 0.2) is 71.6 Å². The van der Waals surface area contributed by atoms with Gasteiger partial charge in [0.2, 0.25) is 11.8 Å². The molecule has 0 aromatic heterocycles. The fourth-order valence-corrected chi connectivity index (χ4v) is 6.29. The summed E-state index contributed by atoms with van der Waals surface area (Å²) < 4.78 is 29.3. The molecule has 0 spiro atoms. The Bertz CT molecular complexity index is 1490. The summed E-state index contributed by atoms with van der Waals surface area (Å²) in [4.78, 5) is 29.3. The van der Waals surface area contributed by atoms with Gasteiger partial charge in [-0.1, -0.05) is 72.1 Å². The zero-order chi connectivity index (χ0) is 30.5. The minimum Gasteiger partial charge on any atom is -0.350 e. The van der Waals surface area contributed by atoms with Crippen molar-refractivity contribution in [2.24, 2.45) is 0 Å². The smallest absolute Gasteiger partial charge is 0.264 e. The maximum absolute atomic E-state index is 14.2. The summed E-state index contributed by atoms with van der Waals surface area (Å²) in [5.41, 5.74) is 4.46. The van der Waals surface area contributed by atoms with E-state index < -0.39 is 34.1 Å². The molecule has 7 nitrogen and oxygen atoms in total. The first kappa shape index (κ1) is 31.9. The number of sulfonamides is 1. The molecule has 1 unspecified atom stereocenters. The van der Waals surface area contributed by atoms with Crippen molar-refractivity contribution in [1.82, 2.24) is 10.2 Å². The van der Waals surface area contributed by atoms with E-state index in [1.54, 1.807) is 30.3 Å². The van der Waals surface area contributed by atoms with Crippen LogP contribution in [-0.2, 0) is 26.2 Å². The van der Waals surface area contributed by atoms with E-state index >= 15 is 0 Å². The molecule has 0 saturated carbocycles.